The van der Waals surface area contributed by atoms with E-state index in [2.05, 4.69) is 10.4 Å². The molecule has 0 fully saturated rings. The fourth-order valence-corrected chi connectivity index (χ4v) is 3.49. The molecule has 0 amide bonds. The molecule has 36 heavy (non-hydrogen) atoms. The number of nitrogens with one attached hydrogen (secondary N) is 2. The second-order valence-corrected chi connectivity index (χ2v) is 8.02. The summed E-state index contributed by atoms with van der Waals surface area (Å²) in [6.07, 6.45) is -2.41. The lowest BCUT2D eigenvalue weighted by molar-refractivity contribution is 0.0528. The van der Waals surface area contributed by atoms with Crippen LogP contribution in [0.3, 0.4) is 0 Å². The summed E-state index contributed by atoms with van der Waals surface area (Å²) in [7, 11) is 3.21. The average molecular weight is 498 g/mol. The fraction of sp³-hybridized carbons (Fsp3) is 0.269. The number of halogens is 3. The van der Waals surface area contributed by atoms with E-state index in [0.29, 0.717) is 22.7 Å². The van der Waals surface area contributed by atoms with Crippen LogP contribution in [0.2, 0.25) is 0 Å². The first-order valence-corrected chi connectivity index (χ1v) is 11.0. The number of aromatic nitrogens is 2. The summed E-state index contributed by atoms with van der Waals surface area (Å²) in [5.41, 5.74) is 1.92. The van der Waals surface area contributed by atoms with Gasteiger partial charge in [-0.15, -0.1) is 0 Å². The van der Waals surface area contributed by atoms with Crippen LogP contribution in [0, 0.1) is 22.6 Å². The summed E-state index contributed by atoms with van der Waals surface area (Å²) in [6, 6.07) is 14.9. The number of alkyl halides is 2. The Morgan fingerprint density at radius 1 is 1.22 bits per heavy atom. The van der Waals surface area contributed by atoms with E-state index >= 15 is 0 Å². The Labute approximate surface area is 207 Å². The van der Waals surface area contributed by atoms with Crippen molar-refractivity contribution in [1.29, 1.82) is 10.7 Å². The van der Waals surface area contributed by atoms with Crippen molar-refractivity contribution in [2.24, 2.45) is 7.05 Å². The molecule has 7 nitrogen and oxygen atoms in total. The maximum absolute atomic E-state index is 14.2. The van der Waals surface area contributed by atoms with Gasteiger partial charge >= 0.3 is 0 Å². The van der Waals surface area contributed by atoms with Crippen LogP contribution in [0.15, 0.2) is 60.3 Å². The average Bonchev–Trinajstić information content (AvgIpc) is 3.22. The number of aryl methyl sites for hydroxylation is 1. The monoisotopic (exact) mass is 497 g/mol. The summed E-state index contributed by atoms with van der Waals surface area (Å²) < 4.78 is 53.0. The predicted molar refractivity (Wildman–Crippen MR) is 130 cm³/mol. The number of anilines is 1. The number of nitriles is 1. The lowest BCUT2D eigenvalue weighted by Gasteiger charge is -2.20. The van der Waals surface area contributed by atoms with Gasteiger partial charge in [0.15, 0.2) is 5.69 Å². The van der Waals surface area contributed by atoms with Gasteiger partial charge in [0.1, 0.15) is 17.6 Å². The van der Waals surface area contributed by atoms with Crippen molar-refractivity contribution in [1.82, 2.24) is 9.78 Å². The van der Waals surface area contributed by atoms with Gasteiger partial charge in [-0.3, -0.25) is 10.1 Å². The molecule has 2 aromatic carbocycles. The smallest absolute Gasteiger partial charge is 0.279 e. The highest BCUT2D eigenvalue weighted by molar-refractivity contribution is 5.95. The molecular formula is C26H26F3N5O2. The first kappa shape index (κ1) is 26.5. The van der Waals surface area contributed by atoms with Crippen molar-refractivity contribution in [3.63, 3.8) is 0 Å². The van der Waals surface area contributed by atoms with Crippen molar-refractivity contribution in [2.45, 2.75) is 32.5 Å². The third-order valence-corrected chi connectivity index (χ3v) is 5.43. The van der Waals surface area contributed by atoms with Gasteiger partial charge in [0, 0.05) is 36.1 Å². The molecule has 0 saturated carbocycles. The molecule has 0 bridgehead atoms. The van der Waals surface area contributed by atoms with E-state index in [4.69, 9.17) is 20.1 Å². The maximum atomic E-state index is 14.2. The molecule has 3 aromatic rings. The Morgan fingerprint density at radius 2 is 1.94 bits per heavy atom. The molecule has 0 aliphatic rings. The summed E-state index contributed by atoms with van der Waals surface area (Å²) in [6.45, 7) is 2.01. The molecule has 0 radical (unpaired) electrons. The number of methoxy groups -OCH3 is 1. The molecule has 0 unspecified atom stereocenters. The predicted octanol–water partition coefficient (Wildman–Crippen LogP) is 5.54. The van der Waals surface area contributed by atoms with Gasteiger partial charge in [-0.1, -0.05) is 12.1 Å². The topological polar surface area (TPSA) is 95.9 Å². The second kappa shape index (κ2) is 12.0. The van der Waals surface area contributed by atoms with Gasteiger partial charge in [-0.2, -0.15) is 10.4 Å². The van der Waals surface area contributed by atoms with Gasteiger partial charge in [0.05, 0.1) is 25.5 Å². The molecule has 0 aliphatic heterocycles. The minimum absolute atomic E-state index is 0.0815. The van der Waals surface area contributed by atoms with E-state index in [9.17, 15) is 13.2 Å². The molecule has 3 rings (SSSR count). The molecule has 2 N–H and O–H groups in total. The first-order chi connectivity index (χ1) is 17.2. The largest absolute Gasteiger partial charge is 0.497 e. The Balaban J connectivity index is 1.85. The standard InChI is InChI=1S/C26H26F3N5O2/c1-16(36-15-17-4-7-22(35-3)8-5-17)23-10-18(27)6-9-25(23)32-19(13-24(31)26(28)29)11-21-12-20(14-30)33-34(21)2/h4-10,12-13,16,26,31-32H,11,15H2,1-3H3/b19-13-,31-24?/t16-/m1/s1. The van der Waals surface area contributed by atoms with Crippen molar-refractivity contribution in [2.75, 3.05) is 12.4 Å². The van der Waals surface area contributed by atoms with Crippen molar-refractivity contribution >= 4 is 11.4 Å². The van der Waals surface area contributed by atoms with Crippen LogP contribution in [-0.2, 0) is 24.8 Å². The first-order valence-electron chi connectivity index (χ1n) is 11.0. The molecular weight excluding hydrogens is 471 g/mol. The summed E-state index contributed by atoms with van der Waals surface area (Å²) >= 11 is 0. The SMILES string of the molecule is COc1ccc(CO[C@H](C)c2cc(F)ccc2N/C(=C\C(=N)C(F)F)Cc2cc(C#N)nn2C)cc1. The lowest BCUT2D eigenvalue weighted by Crippen LogP contribution is -2.14. The zero-order chi connectivity index (χ0) is 26.2. The van der Waals surface area contributed by atoms with E-state index in [1.54, 1.807) is 21.1 Å². The number of hydrogen-bond acceptors (Lipinski definition) is 6. The maximum Gasteiger partial charge on any atom is 0.279 e. The molecule has 188 valence electrons. The van der Waals surface area contributed by atoms with E-state index < -0.39 is 24.1 Å². The number of allylic oxidation sites excluding steroid dienone is 2. The highest BCUT2D eigenvalue weighted by atomic mass is 19.3. The second-order valence-electron chi connectivity index (χ2n) is 8.02. The number of hydrogen-bond donors (Lipinski definition) is 2. The van der Waals surface area contributed by atoms with Gasteiger partial charge in [0.2, 0.25) is 0 Å². The Kier molecular flexibility index (Phi) is 8.86. The van der Waals surface area contributed by atoms with E-state index in [0.717, 1.165) is 11.6 Å². The van der Waals surface area contributed by atoms with Crippen molar-refractivity contribution in [3.05, 3.63) is 88.6 Å². The Bertz CT molecular complexity index is 1280. The molecule has 10 heteroatoms. The normalized spacial score (nSPS) is 12.3. The highest BCUT2D eigenvalue weighted by Gasteiger charge is 2.17. The molecule has 0 saturated heterocycles. The number of rotatable bonds is 11. The molecule has 1 heterocycles. The van der Waals surface area contributed by atoms with Crippen molar-refractivity contribution in [3.8, 4) is 11.8 Å². The lowest BCUT2D eigenvalue weighted by atomic mass is 10.1. The van der Waals surface area contributed by atoms with Crippen LogP contribution in [0.25, 0.3) is 0 Å². The Morgan fingerprint density at radius 3 is 2.56 bits per heavy atom. The molecule has 1 atom stereocenters. The summed E-state index contributed by atoms with van der Waals surface area (Å²) in [5, 5.41) is 23.8. The van der Waals surface area contributed by atoms with Gasteiger partial charge in [-0.05, 0) is 55.0 Å². The third-order valence-electron chi connectivity index (χ3n) is 5.43. The molecule has 1 aromatic heterocycles. The fourth-order valence-electron chi connectivity index (χ4n) is 3.49. The molecule has 0 spiro atoms. The highest BCUT2D eigenvalue weighted by Crippen LogP contribution is 2.29. The van der Waals surface area contributed by atoms with E-state index in [1.807, 2.05) is 30.3 Å². The third kappa shape index (κ3) is 6.96. The number of benzene rings is 2. The quantitative estimate of drug-likeness (QED) is 0.339. The number of ether oxygens (including phenoxy) is 2. The number of nitrogens with zero attached hydrogens (tertiary/aromatic N) is 3. The summed E-state index contributed by atoms with van der Waals surface area (Å²) in [4.78, 5) is 0. The minimum Gasteiger partial charge on any atom is -0.497 e. The van der Waals surface area contributed by atoms with Gasteiger partial charge in [-0.25, -0.2) is 13.2 Å². The molecule has 0 aliphatic carbocycles. The van der Waals surface area contributed by atoms with Crippen LogP contribution in [0.1, 0.15) is 35.5 Å². The van der Waals surface area contributed by atoms with Gasteiger partial charge < -0.3 is 14.8 Å². The summed E-state index contributed by atoms with van der Waals surface area (Å²) in [5.74, 6) is 0.235. The zero-order valence-electron chi connectivity index (χ0n) is 20.1. The van der Waals surface area contributed by atoms with Crippen LogP contribution in [0.5, 0.6) is 5.75 Å². The van der Waals surface area contributed by atoms with E-state index in [1.165, 1.54) is 28.9 Å². The zero-order valence-corrected chi connectivity index (χ0v) is 20.1. The van der Waals surface area contributed by atoms with Gasteiger partial charge in [0.25, 0.3) is 6.43 Å². The van der Waals surface area contributed by atoms with Crippen LogP contribution in [-0.4, -0.2) is 29.0 Å². The van der Waals surface area contributed by atoms with Crippen LogP contribution >= 0.6 is 0 Å². The van der Waals surface area contributed by atoms with Crippen LogP contribution < -0.4 is 10.1 Å². The van der Waals surface area contributed by atoms with Crippen molar-refractivity contribution < 1.29 is 22.6 Å². The minimum atomic E-state index is -2.97. The van der Waals surface area contributed by atoms with Crippen LogP contribution in [0.4, 0.5) is 18.9 Å². The Hall–Kier alpha value is -4.10. The van der Waals surface area contributed by atoms with E-state index in [-0.39, 0.29) is 24.4 Å².